The number of rotatable bonds is 7. The number of nitrogens with one attached hydrogen (secondary N) is 3. The molecule has 0 radical (unpaired) electrons. The highest BCUT2D eigenvalue weighted by Gasteiger charge is 2.08. The van der Waals surface area contributed by atoms with E-state index in [-0.39, 0.29) is 18.5 Å². The predicted molar refractivity (Wildman–Crippen MR) is 125 cm³/mol. The summed E-state index contributed by atoms with van der Waals surface area (Å²) in [6.45, 7) is 1.13. The molecule has 7 nitrogen and oxygen atoms in total. The fraction of sp³-hybridized carbons (Fsp3) is 0.167. The third kappa shape index (κ3) is 6.87. The minimum atomic E-state index is -0.349. The third-order valence-electron chi connectivity index (χ3n) is 4.50. The summed E-state index contributed by atoms with van der Waals surface area (Å²) in [6, 6.07) is 21.5. The number of nitrogens with zero attached hydrogens (tertiary/aromatic N) is 1. The van der Waals surface area contributed by atoms with Gasteiger partial charge in [-0.15, -0.1) is 0 Å². The Morgan fingerprint density at radius 2 is 1.58 bits per heavy atom. The Kier molecular flexibility index (Phi) is 7.24. The van der Waals surface area contributed by atoms with Crippen molar-refractivity contribution < 1.29 is 9.59 Å². The summed E-state index contributed by atoms with van der Waals surface area (Å²) in [7, 11) is 4.03. The van der Waals surface area contributed by atoms with Crippen LogP contribution in [0.3, 0.4) is 0 Å². The van der Waals surface area contributed by atoms with Gasteiger partial charge >= 0.3 is 6.03 Å². The van der Waals surface area contributed by atoms with Crippen LogP contribution in [0.5, 0.6) is 0 Å². The van der Waals surface area contributed by atoms with Gasteiger partial charge in [-0.3, -0.25) is 4.79 Å². The predicted octanol–water partition coefficient (Wildman–Crippen LogP) is 3.90. The van der Waals surface area contributed by atoms with E-state index in [1.807, 2.05) is 44.4 Å². The van der Waals surface area contributed by atoms with E-state index in [0.717, 1.165) is 17.8 Å². The molecule has 0 aliphatic rings. The van der Waals surface area contributed by atoms with E-state index in [1.54, 1.807) is 42.5 Å². The average Bonchev–Trinajstić information content (AvgIpc) is 2.73. The monoisotopic (exact) mass is 417 g/mol. The van der Waals surface area contributed by atoms with Crippen molar-refractivity contribution in [3.05, 3.63) is 89.5 Å². The number of hydrogen-bond acceptors (Lipinski definition) is 4. The van der Waals surface area contributed by atoms with E-state index in [0.29, 0.717) is 16.9 Å². The number of nitrogens with two attached hydrogens (primary N) is 1. The zero-order chi connectivity index (χ0) is 22.2. The highest BCUT2D eigenvalue weighted by atomic mass is 16.2. The van der Waals surface area contributed by atoms with Crippen LogP contribution in [0, 0.1) is 0 Å². The van der Waals surface area contributed by atoms with Gasteiger partial charge < -0.3 is 26.6 Å². The molecule has 0 aliphatic carbocycles. The van der Waals surface area contributed by atoms with Crippen LogP contribution in [-0.4, -0.2) is 30.9 Å². The van der Waals surface area contributed by atoms with Gasteiger partial charge in [-0.25, -0.2) is 4.79 Å². The van der Waals surface area contributed by atoms with Crippen LogP contribution >= 0.6 is 0 Å². The number of benzene rings is 3. The summed E-state index contributed by atoms with van der Waals surface area (Å²) in [4.78, 5) is 26.8. The first-order valence-corrected chi connectivity index (χ1v) is 9.93. The molecule has 0 saturated heterocycles. The second-order valence-electron chi connectivity index (χ2n) is 7.52. The summed E-state index contributed by atoms with van der Waals surface area (Å²) in [6.07, 6.45) is 0. The zero-order valence-electron chi connectivity index (χ0n) is 17.7. The summed E-state index contributed by atoms with van der Waals surface area (Å²) < 4.78 is 0. The highest BCUT2D eigenvalue weighted by Crippen LogP contribution is 2.14. The molecule has 31 heavy (non-hydrogen) atoms. The lowest BCUT2D eigenvalue weighted by Crippen LogP contribution is -2.28. The lowest BCUT2D eigenvalue weighted by atomic mass is 10.1. The Morgan fingerprint density at radius 1 is 0.839 bits per heavy atom. The molecule has 3 amide bonds. The van der Waals surface area contributed by atoms with Crippen molar-refractivity contribution >= 4 is 29.0 Å². The van der Waals surface area contributed by atoms with E-state index >= 15 is 0 Å². The molecule has 0 heterocycles. The molecule has 7 heteroatoms. The number of carbonyl (C=O) groups is 2. The summed E-state index contributed by atoms with van der Waals surface area (Å²) in [5.74, 6) is -0.202. The fourth-order valence-corrected chi connectivity index (χ4v) is 3.06. The Balaban J connectivity index is 1.55. The van der Waals surface area contributed by atoms with Crippen molar-refractivity contribution in [3.8, 4) is 0 Å². The molecule has 0 saturated carbocycles. The molecule has 0 aromatic heterocycles. The van der Waals surface area contributed by atoms with Crippen molar-refractivity contribution in [3.63, 3.8) is 0 Å². The van der Waals surface area contributed by atoms with Gasteiger partial charge in [0.15, 0.2) is 0 Å². The minimum absolute atomic E-state index is 0.202. The smallest absolute Gasteiger partial charge is 0.319 e. The quantitative estimate of drug-likeness (QED) is 0.438. The maximum absolute atomic E-state index is 12.6. The third-order valence-corrected chi connectivity index (χ3v) is 4.50. The molecule has 0 bridgehead atoms. The summed E-state index contributed by atoms with van der Waals surface area (Å²) in [5, 5.41) is 8.41. The molecular weight excluding hydrogens is 390 g/mol. The van der Waals surface area contributed by atoms with Gasteiger partial charge in [0.05, 0.1) is 0 Å². The van der Waals surface area contributed by atoms with Crippen molar-refractivity contribution in [2.75, 3.05) is 30.5 Å². The first-order valence-electron chi connectivity index (χ1n) is 9.93. The van der Waals surface area contributed by atoms with E-state index in [4.69, 9.17) is 5.73 Å². The highest BCUT2D eigenvalue weighted by molar-refractivity contribution is 6.04. The lowest BCUT2D eigenvalue weighted by Gasteiger charge is -2.11. The standard InChI is InChI=1S/C24H27N5O2/c1-29(2)16-17-9-11-21(12-10-17)27-23(30)19-6-3-5-18(13-19)15-26-24(31)28-22-8-4-7-20(25)14-22/h3-14H,15-16,25H2,1-2H3,(H,27,30)(H2,26,28,31). The second kappa shape index (κ2) is 10.3. The minimum Gasteiger partial charge on any atom is -0.399 e. The van der Waals surface area contributed by atoms with Gasteiger partial charge in [0.2, 0.25) is 0 Å². The molecule has 3 rings (SSSR count). The molecule has 3 aromatic carbocycles. The maximum atomic E-state index is 12.6. The van der Waals surface area contributed by atoms with Crippen LogP contribution in [0.4, 0.5) is 21.9 Å². The Hall–Kier alpha value is -3.84. The number of urea groups is 1. The average molecular weight is 418 g/mol. The second-order valence-corrected chi connectivity index (χ2v) is 7.52. The van der Waals surface area contributed by atoms with Gasteiger partial charge in [0.25, 0.3) is 5.91 Å². The van der Waals surface area contributed by atoms with E-state index in [1.165, 1.54) is 5.56 Å². The van der Waals surface area contributed by atoms with Crippen molar-refractivity contribution in [2.24, 2.45) is 0 Å². The Morgan fingerprint density at radius 3 is 2.29 bits per heavy atom. The number of amides is 3. The molecule has 160 valence electrons. The Bertz CT molecular complexity index is 1050. The fourth-order valence-electron chi connectivity index (χ4n) is 3.06. The molecule has 0 spiro atoms. The zero-order valence-corrected chi connectivity index (χ0v) is 17.7. The lowest BCUT2D eigenvalue weighted by molar-refractivity contribution is 0.102. The first kappa shape index (κ1) is 21.9. The molecule has 0 aliphatic heterocycles. The van der Waals surface area contributed by atoms with Gasteiger partial charge in [-0.2, -0.15) is 0 Å². The van der Waals surface area contributed by atoms with Crippen molar-refractivity contribution in [1.29, 1.82) is 0 Å². The van der Waals surface area contributed by atoms with Crippen LogP contribution in [-0.2, 0) is 13.1 Å². The van der Waals surface area contributed by atoms with E-state index < -0.39 is 0 Å². The van der Waals surface area contributed by atoms with E-state index in [2.05, 4.69) is 20.9 Å². The van der Waals surface area contributed by atoms with Gasteiger partial charge in [0.1, 0.15) is 0 Å². The number of hydrogen-bond donors (Lipinski definition) is 4. The first-order chi connectivity index (χ1) is 14.9. The van der Waals surface area contributed by atoms with Gasteiger partial charge in [0, 0.05) is 35.7 Å². The van der Waals surface area contributed by atoms with Crippen LogP contribution < -0.4 is 21.7 Å². The van der Waals surface area contributed by atoms with Crippen LogP contribution in [0.2, 0.25) is 0 Å². The maximum Gasteiger partial charge on any atom is 0.319 e. The SMILES string of the molecule is CN(C)Cc1ccc(NC(=O)c2cccc(CNC(=O)Nc3cccc(N)c3)c2)cc1. The molecule has 5 N–H and O–H groups in total. The van der Waals surface area contributed by atoms with Crippen LogP contribution in [0.15, 0.2) is 72.8 Å². The molecule has 0 atom stereocenters. The Labute approximate surface area is 182 Å². The normalized spacial score (nSPS) is 10.5. The van der Waals surface area contributed by atoms with Crippen LogP contribution in [0.25, 0.3) is 0 Å². The molecule has 0 unspecified atom stereocenters. The van der Waals surface area contributed by atoms with Crippen LogP contribution in [0.1, 0.15) is 21.5 Å². The summed E-state index contributed by atoms with van der Waals surface area (Å²) >= 11 is 0. The number of carbonyl (C=O) groups excluding carboxylic acids is 2. The largest absolute Gasteiger partial charge is 0.399 e. The van der Waals surface area contributed by atoms with Gasteiger partial charge in [-0.05, 0) is 67.7 Å². The topological polar surface area (TPSA) is 99.5 Å². The van der Waals surface area contributed by atoms with Crippen molar-refractivity contribution in [2.45, 2.75) is 13.1 Å². The van der Waals surface area contributed by atoms with E-state index in [9.17, 15) is 9.59 Å². The number of nitrogen functional groups attached to an aromatic ring is 1. The molecule has 0 fully saturated rings. The molecule has 3 aromatic rings. The van der Waals surface area contributed by atoms with Gasteiger partial charge in [-0.1, -0.05) is 30.3 Å². The molecular formula is C24H27N5O2. The van der Waals surface area contributed by atoms with Crippen molar-refractivity contribution in [1.82, 2.24) is 10.2 Å². The number of anilines is 3. The summed E-state index contributed by atoms with van der Waals surface area (Å²) in [5.41, 5.74) is 10.1.